The van der Waals surface area contributed by atoms with Crippen LogP contribution >= 0.6 is 11.6 Å². The summed E-state index contributed by atoms with van der Waals surface area (Å²) >= 11 is 6.38. The highest BCUT2D eigenvalue weighted by molar-refractivity contribution is 6.32. The van der Waals surface area contributed by atoms with Crippen molar-refractivity contribution in [2.45, 2.75) is 6.61 Å². The molecule has 0 atom stereocenters. The van der Waals surface area contributed by atoms with E-state index in [4.69, 9.17) is 22.1 Å². The van der Waals surface area contributed by atoms with E-state index in [1.165, 1.54) is 18.5 Å². The van der Waals surface area contributed by atoms with Gasteiger partial charge in [0.2, 0.25) is 0 Å². The highest BCUT2D eigenvalue weighted by Crippen LogP contribution is 2.30. The number of nitrogens with one attached hydrogen (secondary N) is 1. The Hall–Kier alpha value is -4.08. The number of rotatable bonds is 5. The molecule has 0 bridgehead atoms. The summed E-state index contributed by atoms with van der Waals surface area (Å²) in [4.78, 5) is 8.33. The molecule has 0 fully saturated rings. The molecule has 4 rings (SSSR count). The molecule has 0 aliphatic rings. The van der Waals surface area contributed by atoms with Crippen molar-refractivity contribution in [3.8, 4) is 17.6 Å². The second kappa shape index (κ2) is 9.82. The first-order valence-corrected chi connectivity index (χ1v) is 10.1. The first-order chi connectivity index (χ1) is 15.6. The summed E-state index contributed by atoms with van der Waals surface area (Å²) in [5.74, 6) is 6.81. The smallest absolute Gasteiger partial charge is 0.149 e. The molecular formula is C25H18ClFN4O. The minimum Gasteiger partial charge on any atom is -0.487 e. The average Bonchev–Trinajstić information content (AvgIpc) is 2.79. The summed E-state index contributed by atoms with van der Waals surface area (Å²) in [6.45, 7) is 0.207. The van der Waals surface area contributed by atoms with Crippen LogP contribution in [0.5, 0.6) is 5.75 Å². The lowest BCUT2D eigenvalue weighted by Gasteiger charge is -2.11. The number of nitrogen functional groups attached to an aromatic ring is 1. The van der Waals surface area contributed by atoms with E-state index in [0.717, 1.165) is 5.56 Å². The SMILES string of the molecule is Nc1ccccc1C#Cc1cncnc1Nc1ccc(OCc2cccc(F)c2)c(Cl)c1. The van der Waals surface area contributed by atoms with Crippen molar-refractivity contribution < 1.29 is 9.13 Å². The number of halogens is 2. The standard InChI is InChI=1S/C25H18ClFN4O/c26-22-13-21(10-11-24(22)32-15-17-4-3-6-20(27)12-17)31-25-19(14-29-16-30-25)9-8-18-5-1-2-7-23(18)28/h1-7,10-14,16H,15,28H2,(H,29,30,31). The van der Waals surface area contributed by atoms with Crippen molar-refractivity contribution in [2.24, 2.45) is 0 Å². The third kappa shape index (κ3) is 5.34. The van der Waals surface area contributed by atoms with Crippen molar-refractivity contribution in [3.63, 3.8) is 0 Å². The van der Waals surface area contributed by atoms with Crippen LogP contribution in [0.4, 0.5) is 21.6 Å². The van der Waals surface area contributed by atoms with E-state index in [9.17, 15) is 4.39 Å². The van der Waals surface area contributed by atoms with Gasteiger partial charge in [-0.1, -0.05) is 47.7 Å². The fourth-order valence-corrected chi connectivity index (χ4v) is 3.12. The quantitative estimate of drug-likeness (QED) is 0.311. The molecule has 0 aliphatic carbocycles. The maximum Gasteiger partial charge on any atom is 0.149 e. The lowest BCUT2D eigenvalue weighted by molar-refractivity contribution is 0.306. The number of para-hydroxylation sites is 1. The number of ether oxygens (including phenoxy) is 1. The third-order valence-corrected chi connectivity index (χ3v) is 4.78. The van der Waals surface area contributed by atoms with Crippen molar-refractivity contribution in [3.05, 3.63) is 107 Å². The number of hydrogen-bond donors (Lipinski definition) is 2. The number of hydrogen-bond acceptors (Lipinski definition) is 5. The summed E-state index contributed by atoms with van der Waals surface area (Å²) in [7, 11) is 0. The fraction of sp³-hybridized carbons (Fsp3) is 0.0400. The number of nitrogens with two attached hydrogens (primary N) is 1. The summed E-state index contributed by atoms with van der Waals surface area (Å²) in [5, 5.41) is 3.61. The maximum atomic E-state index is 13.3. The molecule has 3 N–H and O–H groups in total. The maximum absolute atomic E-state index is 13.3. The minimum absolute atomic E-state index is 0.207. The fourth-order valence-electron chi connectivity index (χ4n) is 2.89. The van der Waals surface area contributed by atoms with Crippen molar-refractivity contribution in [1.29, 1.82) is 0 Å². The van der Waals surface area contributed by atoms with Gasteiger partial charge in [-0.2, -0.15) is 0 Å². The van der Waals surface area contributed by atoms with Gasteiger partial charge in [-0.05, 0) is 48.0 Å². The van der Waals surface area contributed by atoms with Crippen LogP contribution in [0.1, 0.15) is 16.7 Å². The van der Waals surface area contributed by atoms with E-state index in [2.05, 4.69) is 27.1 Å². The van der Waals surface area contributed by atoms with Gasteiger partial charge in [-0.15, -0.1) is 0 Å². The molecule has 32 heavy (non-hydrogen) atoms. The molecule has 0 amide bonds. The van der Waals surface area contributed by atoms with E-state index < -0.39 is 0 Å². The van der Waals surface area contributed by atoms with E-state index in [1.54, 1.807) is 42.6 Å². The highest BCUT2D eigenvalue weighted by atomic mass is 35.5. The Morgan fingerprint density at radius 1 is 1.00 bits per heavy atom. The molecule has 0 saturated heterocycles. The molecular weight excluding hydrogens is 427 g/mol. The molecule has 3 aromatic carbocycles. The van der Waals surface area contributed by atoms with Gasteiger partial charge in [0.25, 0.3) is 0 Å². The van der Waals surface area contributed by atoms with Crippen LogP contribution < -0.4 is 15.8 Å². The zero-order valence-electron chi connectivity index (χ0n) is 16.8. The molecule has 1 aromatic heterocycles. The van der Waals surface area contributed by atoms with Gasteiger partial charge in [-0.3, -0.25) is 0 Å². The zero-order chi connectivity index (χ0) is 22.3. The monoisotopic (exact) mass is 444 g/mol. The lowest BCUT2D eigenvalue weighted by Crippen LogP contribution is -1.99. The third-order valence-electron chi connectivity index (χ3n) is 4.48. The van der Waals surface area contributed by atoms with Gasteiger partial charge in [0.15, 0.2) is 0 Å². The second-order valence-corrected chi connectivity index (χ2v) is 7.22. The van der Waals surface area contributed by atoms with E-state index in [1.807, 2.05) is 18.2 Å². The Labute approximate surface area is 190 Å². The number of anilines is 3. The average molecular weight is 445 g/mol. The normalized spacial score (nSPS) is 10.2. The summed E-state index contributed by atoms with van der Waals surface area (Å²) in [6, 6.07) is 18.9. The van der Waals surface area contributed by atoms with Crippen LogP contribution in [-0.2, 0) is 6.61 Å². The molecule has 7 heteroatoms. The Morgan fingerprint density at radius 3 is 2.66 bits per heavy atom. The molecule has 0 aliphatic heterocycles. The molecule has 5 nitrogen and oxygen atoms in total. The number of benzene rings is 3. The van der Waals surface area contributed by atoms with Crippen LogP contribution in [0.15, 0.2) is 79.3 Å². The van der Waals surface area contributed by atoms with Gasteiger partial charge in [-0.25, -0.2) is 14.4 Å². The van der Waals surface area contributed by atoms with Crippen LogP contribution in [-0.4, -0.2) is 9.97 Å². The Kier molecular flexibility index (Phi) is 6.49. The van der Waals surface area contributed by atoms with Gasteiger partial charge >= 0.3 is 0 Å². The lowest BCUT2D eigenvalue weighted by atomic mass is 10.1. The van der Waals surface area contributed by atoms with Gasteiger partial charge in [0.1, 0.15) is 30.3 Å². The largest absolute Gasteiger partial charge is 0.487 e. The Balaban J connectivity index is 1.49. The second-order valence-electron chi connectivity index (χ2n) is 6.81. The van der Waals surface area contributed by atoms with Crippen LogP contribution in [0.3, 0.4) is 0 Å². The summed E-state index contributed by atoms with van der Waals surface area (Å²) in [5.41, 5.74) is 9.31. The predicted octanol–water partition coefficient (Wildman–Crippen LogP) is 5.57. The first-order valence-electron chi connectivity index (χ1n) is 9.69. The topological polar surface area (TPSA) is 73.1 Å². The van der Waals surface area contributed by atoms with Crippen molar-refractivity contribution in [2.75, 3.05) is 11.1 Å². The molecule has 4 aromatic rings. The molecule has 0 spiro atoms. The minimum atomic E-state index is -0.310. The van der Waals surface area contributed by atoms with Crippen LogP contribution in [0, 0.1) is 17.7 Å². The van der Waals surface area contributed by atoms with Crippen LogP contribution in [0.2, 0.25) is 5.02 Å². The van der Waals surface area contributed by atoms with Crippen molar-refractivity contribution in [1.82, 2.24) is 9.97 Å². The molecule has 158 valence electrons. The van der Waals surface area contributed by atoms with Crippen LogP contribution in [0.25, 0.3) is 0 Å². The molecule has 1 heterocycles. The molecule has 0 saturated carbocycles. The van der Waals surface area contributed by atoms with E-state index >= 15 is 0 Å². The Morgan fingerprint density at radius 2 is 1.84 bits per heavy atom. The van der Waals surface area contributed by atoms with E-state index in [0.29, 0.717) is 39.1 Å². The summed E-state index contributed by atoms with van der Waals surface area (Å²) in [6.07, 6.45) is 3.06. The first kappa shape index (κ1) is 21.2. The van der Waals surface area contributed by atoms with Crippen molar-refractivity contribution >= 4 is 28.8 Å². The van der Waals surface area contributed by atoms with Gasteiger partial charge < -0.3 is 15.8 Å². The predicted molar refractivity (Wildman–Crippen MR) is 124 cm³/mol. The molecule has 0 unspecified atom stereocenters. The number of aromatic nitrogens is 2. The zero-order valence-corrected chi connectivity index (χ0v) is 17.6. The van der Waals surface area contributed by atoms with E-state index in [-0.39, 0.29) is 12.4 Å². The highest BCUT2D eigenvalue weighted by Gasteiger charge is 2.07. The van der Waals surface area contributed by atoms with Gasteiger partial charge in [0.05, 0.1) is 10.6 Å². The molecule has 0 radical (unpaired) electrons. The van der Waals surface area contributed by atoms with Gasteiger partial charge in [0, 0.05) is 23.1 Å². The number of nitrogens with zero attached hydrogens (tertiary/aromatic N) is 2. The summed E-state index contributed by atoms with van der Waals surface area (Å²) < 4.78 is 19.0. The Bertz CT molecular complexity index is 1320.